The summed E-state index contributed by atoms with van der Waals surface area (Å²) in [5.41, 5.74) is 5.21. The van der Waals surface area contributed by atoms with Gasteiger partial charge in [0.1, 0.15) is 0 Å². The summed E-state index contributed by atoms with van der Waals surface area (Å²) < 4.78 is 0. The molecule has 0 aliphatic rings. The highest BCUT2D eigenvalue weighted by atomic mass is 16.1. The summed E-state index contributed by atoms with van der Waals surface area (Å²) in [6, 6.07) is 26.3. The fraction of sp³-hybridized carbons (Fsp3) is 0.192. The molecule has 0 radical (unpaired) electrons. The van der Waals surface area contributed by atoms with Gasteiger partial charge in [-0.25, -0.2) is 0 Å². The Labute approximate surface area is 171 Å². The predicted molar refractivity (Wildman–Crippen MR) is 119 cm³/mol. The molecule has 29 heavy (non-hydrogen) atoms. The van der Waals surface area contributed by atoms with Crippen LogP contribution in [0.2, 0.25) is 0 Å². The van der Waals surface area contributed by atoms with E-state index < -0.39 is 6.04 Å². The van der Waals surface area contributed by atoms with Crippen LogP contribution in [0.15, 0.2) is 85.1 Å². The van der Waals surface area contributed by atoms with Gasteiger partial charge in [0.05, 0.1) is 6.04 Å². The van der Waals surface area contributed by atoms with Gasteiger partial charge in [0.15, 0.2) is 5.78 Å². The average molecular weight is 383 g/mol. The number of hydrogen-bond donors (Lipinski definition) is 2. The number of aryl methyl sites for hydroxylation is 1. The first-order chi connectivity index (χ1) is 14.1. The third-order valence-corrected chi connectivity index (χ3v) is 5.36. The molecule has 1 aromatic heterocycles. The molecule has 0 saturated heterocycles. The second kappa shape index (κ2) is 8.46. The predicted octanol–water partition coefficient (Wildman–Crippen LogP) is 5.62. The zero-order chi connectivity index (χ0) is 20.2. The molecule has 2 N–H and O–H groups in total. The van der Waals surface area contributed by atoms with Crippen molar-refractivity contribution >= 4 is 16.7 Å². The molecule has 0 aliphatic heterocycles. The standard InChI is InChI=1S/C26H26N2O/c1-18-12-14-20(15-13-18)16-19(2)28-25(21-8-4-3-5-9-21)26(29)23-17-27-24-11-7-6-10-22(23)24/h3-15,17,19,25,27-28H,16H2,1-2H3/t19-,25+/m1/s1. The Morgan fingerprint density at radius 2 is 1.62 bits per heavy atom. The van der Waals surface area contributed by atoms with E-state index in [1.165, 1.54) is 11.1 Å². The minimum atomic E-state index is -0.393. The van der Waals surface area contributed by atoms with Crippen LogP contribution in [-0.2, 0) is 6.42 Å². The van der Waals surface area contributed by atoms with Gasteiger partial charge >= 0.3 is 0 Å². The molecule has 0 aliphatic carbocycles. The summed E-state index contributed by atoms with van der Waals surface area (Å²) >= 11 is 0. The molecule has 3 aromatic carbocycles. The van der Waals surface area contributed by atoms with Crippen LogP contribution in [0, 0.1) is 6.92 Å². The lowest BCUT2D eigenvalue weighted by molar-refractivity contribution is 0.0938. The van der Waals surface area contributed by atoms with Crippen molar-refractivity contribution in [3.8, 4) is 0 Å². The number of H-pyrrole nitrogens is 1. The fourth-order valence-corrected chi connectivity index (χ4v) is 3.82. The van der Waals surface area contributed by atoms with Crippen LogP contribution < -0.4 is 5.32 Å². The second-order valence-electron chi connectivity index (χ2n) is 7.71. The van der Waals surface area contributed by atoms with E-state index in [2.05, 4.69) is 48.4 Å². The van der Waals surface area contributed by atoms with Gasteiger partial charge < -0.3 is 10.3 Å². The number of carbonyl (C=O) groups is 1. The second-order valence-corrected chi connectivity index (χ2v) is 7.71. The lowest BCUT2D eigenvalue weighted by Crippen LogP contribution is -2.36. The highest BCUT2D eigenvalue weighted by Crippen LogP contribution is 2.25. The quantitative estimate of drug-likeness (QED) is 0.407. The molecule has 146 valence electrons. The van der Waals surface area contributed by atoms with Gasteiger partial charge in [0.25, 0.3) is 0 Å². The van der Waals surface area contributed by atoms with Gasteiger partial charge in [-0.05, 0) is 37.5 Å². The van der Waals surface area contributed by atoms with Gasteiger partial charge in [-0.3, -0.25) is 4.79 Å². The molecular formula is C26H26N2O. The maximum absolute atomic E-state index is 13.6. The highest BCUT2D eigenvalue weighted by molar-refractivity contribution is 6.10. The zero-order valence-electron chi connectivity index (χ0n) is 16.9. The number of Topliss-reactive ketones (excluding diaryl/α,β-unsaturated/α-hetero) is 1. The summed E-state index contributed by atoms with van der Waals surface area (Å²) in [6.45, 7) is 4.23. The van der Waals surface area contributed by atoms with E-state index in [-0.39, 0.29) is 11.8 Å². The Balaban J connectivity index is 1.61. The van der Waals surface area contributed by atoms with Crippen molar-refractivity contribution in [1.82, 2.24) is 10.3 Å². The maximum atomic E-state index is 13.6. The molecule has 4 rings (SSSR count). The molecule has 0 fully saturated rings. The Hall–Kier alpha value is -3.17. The molecule has 0 spiro atoms. The first-order valence-corrected chi connectivity index (χ1v) is 10.1. The van der Waals surface area contributed by atoms with Crippen molar-refractivity contribution in [1.29, 1.82) is 0 Å². The van der Waals surface area contributed by atoms with Crippen LogP contribution in [0.4, 0.5) is 0 Å². The molecule has 0 amide bonds. The van der Waals surface area contributed by atoms with Crippen LogP contribution in [0.5, 0.6) is 0 Å². The average Bonchev–Trinajstić information content (AvgIpc) is 3.18. The third-order valence-electron chi connectivity index (χ3n) is 5.36. The van der Waals surface area contributed by atoms with Crippen LogP contribution in [-0.4, -0.2) is 16.8 Å². The van der Waals surface area contributed by atoms with Crippen molar-refractivity contribution in [2.24, 2.45) is 0 Å². The van der Waals surface area contributed by atoms with E-state index in [1.54, 1.807) is 0 Å². The first kappa shape index (κ1) is 19.2. The van der Waals surface area contributed by atoms with Crippen molar-refractivity contribution in [2.45, 2.75) is 32.4 Å². The van der Waals surface area contributed by atoms with Gasteiger partial charge in [0.2, 0.25) is 0 Å². The monoisotopic (exact) mass is 382 g/mol. The summed E-state index contributed by atoms with van der Waals surface area (Å²) in [5.74, 6) is 0.0874. The molecule has 0 unspecified atom stereocenters. The number of benzene rings is 3. The van der Waals surface area contributed by atoms with Crippen LogP contribution in [0.1, 0.15) is 40.0 Å². The maximum Gasteiger partial charge on any atom is 0.186 e. The number of nitrogens with one attached hydrogen (secondary N) is 2. The smallest absolute Gasteiger partial charge is 0.186 e. The van der Waals surface area contributed by atoms with E-state index in [0.717, 1.165) is 28.5 Å². The van der Waals surface area contributed by atoms with Crippen molar-refractivity contribution < 1.29 is 4.79 Å². The normalized spacial score (nSPS) is 13.3. The van der Waals surface area contributed by atoms with Gasteiger partial charge in [-0.1, -0.05) is 78.4 Å². The number of fused-ring (bicyclic) bond motifs is 1. The Morgan fingerprint density at radius 3 is 2.38 bits per heavy atom. The van der Waals surface area contributed by atoms with E-state index in [4.69, 9.17) is 0 Å². The molecule has 1 heterocycles. The van der Waals surface area contributed by atoms with Gasteiger partial charge in [-0.15, -0.1) is 0 Å². The largest absolute Gasteiger partial charge is 0.360 e. The molecule has 3 heteroatoms. The summed E-state index contributed by atoms with van der Waals surface area (Å²) in [4.78, 5) is 16.8. The lowest BCUT2D eigenvalue weighted by Gasteiger charge is -2.23. The van der Waals surface area contributed by atoms with Crippen molar-refractivity contribution in [3.05, 3.63) is 107 Å². The number of carbonyl (C=O) groups excluding carboxylic acids is 1. The van der Waals surface area contributed by atoms with Crippen LogP contribution in [0.3, 0.4) is 0 Å². The Kier molecular flexibility index (Phi) is 5.59. The number of hydrogen-bond acceptors (Lipinski definition) is 2. The van der Waals surface area contributed by atoms with Crippen molar-refractivity contribution in [2.75, 3.05) is 0 Å². The van der Waals surface area contributed by atoms with Crippen LogP contribution in [0.25, 0.3) is 10.9 Å². The molecule has 2 atom stereocenters. The number of rotatable bonds is 7. The van der Waals surface area contributed by atoms with E-state index >= 15 is 0 Å². The zero-order valence-corrected chi connectivity index (χ0v) is 16.9. The fourth-order valence-electron chi connectivity index (χ4n) is 3.82. The van der Waals surface area contributed by atoms with E-state index in [1.807, 2.05) is 60.8 Å². The molecule has 3 nitrogen and oxygen atoms in total. The molecule has 4 aromatic rings. The van der Waals surface area contributed by atoms with E-state index in [9.17, 15) is 4.79 Å². The summed E-state index contributed by atoms with van der Waals surface area (Å²) in [6.07, 6.45) is 2.69. The van der Waals surface area contributed by atoms with E-state index in [0.29, 0.717) is 0 Å². The van der Waals surface area contributed by atoms with Gasteiger partial charge in [0, 0.05) is 28.7 Å². The Morgan fingerprint density at radius 1 is 0.931 bits per heavy atom. The molecule has 0 saturated carbocycles. The minimum Gasteiger partial charge on any atom is -0.360 e. The van der Waals surface area contributed by atoms with Gasteiger partial charge in [-0.2, -0.15) is 0 Å². The third kappa shape index (κ3) is 4.30. The van der Waals surface area contributed by atoms with Crippen LogP contribution >= 0.6 is 0 Å². The minimum absolute atomic E-state index is 0.0874. The van der Waals surface area contributed by atoms with Crippen molar-refractivity contribution in [3.63, 3.8) is 0 Å². The lowest BCUT2D eigenvalue weighted by atomic mass is 9.95. The Bertz CT molecular complexity index is 1100. The summed E-state index contributed by atoms with van der Waals surface area (Å²) in [5, 5.41) is 4.55. The highest BCUT2D eigenvalue weighted by Gasteiger charge is 2.25. The molecule has 0 bridgehead atoms. The first-order valence-electron chi connectivity index (χ1n) is 10.1. The number of aromatic amines is 1. The number of ketones is 1. The molecular weight excluding hydrogens is 356 g/mol. The number of aromatic nitrogens is 1. The summed E-state index contributed by atoms with van der Waals surface area (Å²) in [7, 11) is 0. The topological polar surface area (TPSA) is 44.9 Å². The SMILES string of the molecule is Cc1ccc(C[C@@H](C)N[C@H](C(=O)c2c[nH]c3ccccc23)c2ccccc2)cc1. The number of para-hydroxylation sites is 1.